The molecule has 1 aliphatic heterocycles. The van der Waals surface area contributed by atoms with Crippen molar-refractivity contribution < 1.29 is 4.79 Å². The first-order chi connectivity index (χ1) is 11.7. The number of hydrogen-bond acceptors (Lipinski definition) is 7. The van der Waals surface area contributed by atoms with Crippen LogP contribution in [-0.2, 0) is 0 Å². The van der Waals surface area contributed by atoms with Crippen LogP contribution in [0, 0.1) is 0 Å². The van der Waals surface area contributed by atoms with Crippen LogP contribution in [0.2, 0.25) is 0 Å². The van der Waals surface area contributed by atoms with Crippen molar-refractivity contribution in [3.63, 3.8) is 0 Å². The van der Waals surface area contributed by atoms with E-state index in [2.05, 4.69) is 25.2 Å². The van der Waals surface area contributed by atoms with Crippen molar-refractivity contribution >= 4 is 44.1 Å². The van der Waals surface area contributed by atoms with Gasteiger partial charge >= 0.3 is 0 Å². The first-order valence-corrected chi connectivity index (χ1v) is 8.56. The van der Waals surface area contributed by atoms with Gasteiger partial charge in [-0.2, -0.15) is 0 Å². The number of amides is 1. The van der Waals surface area contributed by atoms with Crippen molar-refractivity contribution in [2.24, 2.45) is 0 Å². The zero-order valence-corrected chi connectivity index (χ0v) is 13.7. The molecular formula is C16H16N6OS. The molecule has 0 bridgehead atoms. The summed E-state index contributed by atoms with van der Waals surface area (Å²) in [5.41, 5.74) is 7.45. The Morgan fingerprint density at radius 2 is 2.00 bits per heavy atom. The largest absolute Gasteiger partial charge is 0.382 e. The number of fused-ring (bicyclic) bond motifs is 1. The van der Waals surface area contributed by atoms with Crippen molar-refractivity contribution in [2.45, 2.75) is 12.8 Å². The average Bonchev–Trinajstić information content (AvgIpc) is 3.24. The quantitative estimate of drug-likeness (QED) is 0.760. The fraction of sp³-hybridized carbons (Fsp3) is 0.250. The van der Waals surface area contributed by atoms with Gasteiger partial charge in [0.15, 0.2) is 16.6 Å². The minimum atomic E-state index is -0.371. The Morgan fingerprint density at radius 1 is 1.21 bits per heavy atom. The fourth-order valence-electron chi connectivity index (χ4n) is 2.75. The van der Waals surface area contributed by atoms with Gasteiger partial charge in [-0.3, -0.25) is 4.79 Å². The summed E-state index contributed by atoms with van der Waals surface area (Å²) in [6.07, 6.45) is 5.34. The monoisotopic (exact) mass is 340 g/mol. The van der Waals surface area contributed by atoms with Gasteiger partial charge in [0.1, 0.15) is 0 Å². The SMILES string of the molecule is Nc1nccnc1C(=O)Nc1ccc2nc(N3CCCC3)sc2c1. The van der Waals surface area contributed by atoms with E-state index in [0.717, 1.165) is 28.4 Å². The number of carbonyl (C=O) groups excluding carboxylic acids is 1. The van der Waals surface area contributed by atoms with Gasteiger partial charge < -0.3 is 16.0 Å². The van der Waals surface area contributed by atoms with Crippen LogP contribution in [0.15, 0.2) is 30.6 Å². The lowest BCUT2D eigenvalue weighted by atomic mass is 10.3. The number of aromatic nitrogens is 3. The van der Waals surface area contributed by atoms with E-state index in [1.54, 1.807) is 11.3 Å². The zero-order valence-electron chi connectivity index (χ0n) is 12.9. The first-order valence-electron chi connectivity index (χ1n) is 7.74. The molecule has 4 rings (SSSR count). The summed E-state index contributed by atoms with van der Waals surface area (Å²) in [7, 11) is 0. The van der Waals surface area contributed by atoms with E-state index in [-0.39, 0.29) is 17.4 Å². The Hall–Kier alpha value is -2.74. The molecule has 1 aliphatic rings. The first kappa shape index (κ1) is 14.8. The van der Waals surface area contributed by atoms with Gasteiger partial charge in [0.2, 0.25) is 0 Å². The Morgan fingerprint density at radius 3 is 2.79 bits per heavy atom. The van der Waals surface area contributed by atoms with E-state index in [0.29, 0.717) is 5.69 Å². The Labute approximate surface area is 142 Å². The highest BCUT2D eigenvalue weighted by Gasteiger charge is 2.17. The van der Waals surface area contributed by atoms with Crippen LogP contribution in [0.5, 0.6) is 0 Å². The molecule has 0 aliphatic carbocycles. The van der Waals surface area contributed by atoms with Crippen molar-refractivity contribution in [3.8, 4) is 0 Å². The Kier molecular flexibility index (Phi) is 3.73. The van der Waals surface area contributed by atoms with E-state index >= 15 is 0 Å². The van der Waals surface area contributed by atoms with Crippen molar-refractivity contribution in [2.75, 3.05) is 29.0 Å². The Bertz CT molecular complexity index is 902. The van der Waals surface area contributed by atoms with Crippen molar-refractivity contribution in [1.29, 1.82) is 0 Å². The molecule has 24 heavy (non-hydrogen) atoms. The Balaban J connectivity index is 1.58. The predicted octanol–water partition coefficient (Wildman–Crippen LogP) is 2.52. The third kappa shape index (κ3) is 2.76. The lowest BCUT2D eigenvalue weighted by Crippen LogP contribution is -2.16. The highest BCUT2D eigenvalue weighted by atomic mass is 32.1. The molecule has 122 valence electrons. The summed E-state index contributed by atoms with van der Waals surface area (Å²) < 4.78 is 1.04. The predicted molar refractivity (Wildman–Crippen MR) is 95.5 cm³/mol. The number of nitrogens with zero attached hydrogens (tertiary/aromatic N) is 4. The third-order valence-electron chi connectivity index (χ3n) is 3.95. The van der Waals surface area contributed by atoms with Gasteiger partial charge in [0, 0.05) is 31.2 Å². The number of benzene rings is 1. The maximum Gasteiger partial charge on any atom is 0.278 e. The molecule has 3 heterocycles. The van der Waals surface area contributed by atoms with Crippen LogP contribution in [0.3, 0.4) is 0 Å². The number of thiazole rings is 1. The summed E-state index contributed by atoms with van der Waals surface area (Å²) in [4.78, 5) is 27.1. The summed E-state index contributed by atoms with van der Waals surface area (Å²) in [5.74, 6) is -0.255. The number of rotatable bonds is 3. The van der Waals surface area contributed by atoms with E-state index in [4.69, 9.17) is 5.73 Å². The lowest BCUT2D eigenvalue weighted by molar-refractivity contribution is 0.102. The molecule has 0 saturated carbocycles. The number of nitrogens with one attached hydrogen (secondary N) is 1. The number of nitrogens with two attached hydrogens (primary N) is 1. The van der Waals surface area contributed by atoms with Gasteiger partial charge in [-0.1, -0.05) is 11.3 Å². The van der Waals surface area contributed by atoms with Gasteiger partial charge in [-0.25, -0.2) is 15.0 Å². The average molecular weight is 340 g/mol. The standard InChI is InChI=1S/C16H16N6OS/c17-14-13(18-5-6-19-14)15(23)20-10-3-4-11-12(9-10)24-16(21-11)22-7-1-2-8-22/h3-6,9H,1-2,7-8H2,(H2,17,19)(H,20,23). The molecule has 3 aromatic rings. The van der Waals surface area contributed by atoms with Gasteiger partial charge in [0.05, 0.1) is 10.2 Å². The fourth-order valence-corrected chi connectivity index (χ4v) is 3.80. The van der Waals surface area contributed by atoms with Crippen LogP contribution < -0.4 is 16.0 Å². The van der Waals surface area contributed by atoms with Crippen molar-refractivity contribution in [3.05, 3.63) is 36.3 Å². The van der Waals surface area contributed by atoms with E-state index < -0.39 is 0 Å². The molecular weight excluding hydrogens is 324 g/mol. The molecule has 1 aromatic carbocycles. The number of nitrogen functional groups attached to an aromatic ring is 1. The summed E-state index contributed by atoms with van der Waals surface area (Å²) in [5, 5.41) is 3.86. The lowest BCUT2D eigenvalue weighted by Gasteiger charge is -2.11. The van der Waals surface area contributed by atoms with Gasteiger partial charge in [-0.15, -0.1) is 0 Å². The number of carbonyl (C=O) groups is 1. The highest BCUT2D eigenvalue weighted by molar-refractivity contribution is 7.22. The van der Waals surface area contributed by atoms with Crippen LogP contribution in [0.4, 0.5) is 16.6 Å². The molecule has 1 fully saturated rings. The van der Waals surface area contributed by atoms with Gasteiger partial charge in [0.25, 0.3) is 5.91 Å². The second-order valence-corrected chi connectivity index (χ2v) is 6.63. The molecule has 8 heteroatoms. The van der Waals surface area contributed by atoms with E-state index in [9.17, 15) is 4.79 Å². The third-order valence-corrected chi connectivity index (χ3v) is 5.03. The number of hydrogen-bond donors (Lipinski definition) is 2. The molecule has 0 spiro atoms. The number of anilines is 3. The second kappa shape index (κ2) is 6.04. The maximum atomic E-state index is 12.3. The smallest absolute Gasteiger partial charge is 0.278 e. The van der Waals surface area contributed by atoms with Crippen LogP contribution in [0.25, 0.3) is 10.2 Å². The normalized spacial score (nSPS) is 14.2. The molecule has 0 atom stereocenters. The molecule has 1 amide bonds. The van der Waals surface area contributed by atoms with Gasteiger partial charge in [-0.05, 0) is 31.0 Å². The summed E-state index contributed by atoms with van der Waals surface area (Å²) in [6.45, 7) is 2.13. The second-order valence-electron chi connectivity index (χ2n) is 5.62. The zero-order chi connectivity index (χ0) is 16.5. The molecule has 2 aromatic heterocycles. The highest BCUT2D eigenvalue weighted by Crippen LogP contribution is 2.32. The molecule has 7 nitrogen and oxygen atoms in total. The molecule has 0 radical (unpaired) electrons. The van der Waals surface area contributed by atoms with Crippen LogP contribution in [0.1, 0.15) is 23.3 Å². The minimum Gasteiger partial charge on any atom is -0.382 e. The summed E-state index contributed by atoms with van der Waals surface area (Å²) >= 11 is 1.65. The van der Waals surface area contributed by atoms with E-state index in [1.807, 2.05) is 18.2 Å². The van der Waals surface area contributed by atoms with Crippen LogP contribution in [-0.4, -0.2) is 33.9 Å². The summed E-state index contributed by atoms with van der Waals surface area (Å²) in [6, 6.07) is 5.68. The molecule has 1 saturated heterocycles. The topological polar surface area (TPSA) is 97.0 Å². The van der Waals surface area contributed by atoms with Crippen LogP contribution >= 0.6 is 11.3 Å². The molecule has 0 unspecified atom stereocenters. The van der Waals surface area contributed by atoms with Crippen molar-refractivity contribution in [1.82, 2.24) is 15.0 Å². The van der Waals surface area contributed by atoms with E-state index in [1.165, 1.54) is 25.2 Å². The maximum absolute atomic E-state index is 12.3. The minimum absolute atomic E-state index is 0.116. The molecule has 3 N–H and O–H groups in total.